The van der Waals surface area contributed by atoms with Crippen molar-refractivity contribution in [1.82, 2.24) is 33.4 Å². The molecular weight excluding hydrogens is 538 g/mol. The number of piperidine rings is 1. The van der Waals surface area contributed by atoms with Crippen molar-refractivity contribution in [3.05, 3.63) is 47.3 Å². The lowest BCUT2D eigenvalue weighted by Crippen LogP contribution is -2.54. The van der Waals surface area contributed by atoms with Crippen LogP contribution in [0.4, 0.5) is 4.79 Å². The molecule has 2 saturated heterocycles. The van der Waals surface area contributed by atoms with E-state index in [1.165, 1.54) is 19.6 Å². The number of aliphatic hydroxyl groups excluding tert-OH is 1. The average molecular weight is 576 g/mol. The molecule has 40 heavy (non-hydrogen) atoms. The van der Waals surface area contributed by atoms with Crippen LogP contribution >= 0.6 is 0 Å². The fourth-order valence-electron chi connectivity index (χ4n) is 6.07. The van der Waals surface area contributed by atoms with Crippen LogP contribution in [0, 0.1) is 0 Å². The first kappa shape index (κ1) is 28.3. The van der Waals surface area contributed by atoms with Gasteiger partial charge in [-0.2, -0.15) is 4.31 Å². The molecule has 0 saturated carbocycles. The molecule has 0 aliphatic carbocycles. The lowest BCUT2D eigenvalue weighted by atomic mass is 9.97. The Morgan fingerprint density at radius 1 is 1.20 bits per heavy atom. The number of fused-ring (bicyclic) bond motifs is 3. The summed E-state index contributed by atoms with van der Waals surface area (Å²) in [6.45, 7) is 4.08. The number of aryl methyl sites for hydroxylation is 1. The molecule has 2 bridgehead atoms. The number of hydrogen-bond acceptors (Lipinski definition) is 8. The van der Waals surface area contributed by atoms with Gasteiger partial charge >= 0.3 is 11.8 Å². The third-order valence-electron chi connectivity index (χ3n) is 7.88. The lowest BCUT2D eigenvalue weighted by molar-refractivity contribution is 0.0445. The number of para-hydroxylation sites is 2. The van der Waals surface area contributed by atoms with Gasteiger partial charge in [0, 0.05) is 57.5 Å². The molecule has 1 amide bonds. The number of rotatable bonds is 9. The summed E-state index contributed by atoms with van der Waals surface area (Å²) in [6.07, 6.45) is 4.47. The van der Waals surface area contributed by atoms with Gasteiger partial charge in [-0.05, 0) is 51.7 Å². The molecule has 1 aromatic carbocycles. The second kappa shape index (κ2) is 11.0. The molecule has 13 nitrogen and oxygen atoms in total. The van der Waals surface area contributed by atoms with Crippen LogP contribution < -0.4 is 15.8 Å². The zero-order valence-corrected chi connectivity index (χ0v) is 24.0. The van der Waals surface area contributed by atoms with Gasteiger partial charge in [0.15, 0.2) is 5.03 Å². The fraction of sp³-hybridized carbons (Fsp3) is 0.577. The number of amides is 1. The van der Waals surface area contributed by atoms with Gasteiger partial charge in [-0.1, -0.05) is 12.1 Å². The molecule has 1 unspecified atom stereocenters. The Bertz CT molecular complexity index is 1530. The maximum Gasteiger partial charge on any atom is 0.432 e. The van der Waals surface area contributed by atoms with E-state index in [9.17, 15) is 23.1 Å². The molecule has 0 spiro atoms. The number of benzene rings is 1. The van der Waals surface area contributed by atoms with E-state index in [4.69, 9.17) is 4.84 Å². The highest BCUT2D eigenvalue weighted by atomic mass is 32.2. The minimum Gasteiger partial charge on any atom is -0.390 e. The highest BCUT2D eigenvalue weighted by molar-refractivity contribution is 7.89. The maximum absolute atomic E-state index is 13.0. The van der Waals surface area contributed by atoms with Gasteiger partial charge < -0.3 is 19.8 Å². The molecule has 2 fully saturated rings. The van der Waals surface area contributed by atoms with Crippen molar-refractivity contribution in [2.24, 2.45) is 7.05 Å². The first-order chi connectivity index (χ1) is 19.0. The Morgan fingerprint density at radius 3 is 2.45 bits per heavy atom. The number of aliphatic hydroxyl groups is 1. The van der Waals surface area contributed by atoms with Crippen LogP contribution in [-0.2, 0) is 17.1 Å². The summed E-state index contributed by atoms with van der Waals surface area (Å²) < 4.78 is 30.9. The fourth-order valence-corrected chi connectivity index (χ4v) is 7.24. The van der Waals surface area contributed by atoms with Gasteiger partial charge in [0.05, 0.1) is 17.9 Å². The summed E-state index contributed by atoms with van der Waals surface area (Å²) in [5, 5.41) is 13.7. The number of likely N-dealkylation sites (N-methyl/N-ethyl adjacent to an activating group) is 1. The molecule has 14 heteroatoms. The summed E-state index contributed by atoms with van der Waals surface area (Å²) >= 11 is 0. The van der Waals surface area contributed by atoms with Crippen LogP contribution in [-0.4, -0.2) is 92.0 Å². The van der Waals surface area contributed by atoms with Crippen LogP contribution in [0.1, 0.15) is 45.6 Å². The molecular formula is C26H37N7O6S. The second-order valence-electron chi connectivity index (χ2n) is 11.1. The van der Waals surface area contributed by atoms with E-state index < -0.39 is 27.9 Å². The predicted octanol–water partition coefficient (Wildman–Crippen LogP) is 0.933. The molecule has 5 rings (SSSR count). The Morgan fingerprint density at radius 2 is 1.85 bits per heavy atom. The normalized spacial score (nSPS) is 22.3. The topological polar surface area (TPSA) is 144 Å². The summed E-state index contributed by atoms with van der Waals surface area (Å²) in [4.78, 5) is 37.5. The summed E-state index contributed by atoms with van der Waals surface area (Å²) in [6, 6.07) is 7.23. The van der Waals surface area contributed by atoms with Crippen molar-refractivity contribution in [1.29, 1.82) is 0 Å². The van der Waals surface area contributed by atoms with Gasteiger partial charge in [0.25, 0.3) is 10.0 Å². The summed E-state index contributed by atoms with van der Waals surface area (Å²) in [5.74, 6) is 0. The Labute approximate surface area is 233 Å². The van der Waals surface area contributed by atoms with E-state index in [2.05, 4.69) is 15.2 Å². The predicted molar refractivity (Wildman–Crippen MR) is 147 cm³/mol. The largest absolute Gasteiger partial charge is 0.432 e. The number of carbonyl (C=O) groups excluding carboxylic acids is 1. The number of nitrogens with one attached hydrogen (secondary N) is 1. The van der Waals surface area contributed by atoms with Crippen molar-refractivity contribution < 1.29 is 23.2 Å². The van der Waals surface area contributed by atoms with Crippen LogP contribution in [0.25, 0.3) is 11.0 Å². The minimum absolute atomic E-state index is 0.0540. The third kappa shape index (κ3) is 5.40. The monoisotopic (exact) mass is 575 g/mol. The molecule has 2 aliphatic rings. The summed E-state index contributed by atoms with van der Waals surface area (Å²) in [7, 11) is -0.666. The second-order valence-corrected chi connectivity index (χ2v) is 13.1. The minimum atomic E-state index is -3.80. The van der Waals surface area contributed by atoms with Crippen molar-refractivity contribution in [3.8, 4) is 0 Å². The zero-order chi connectivity index (χ0) is 28.8. The first-order valence-electron chi connectivity index (χ1n) is 13.5. The molecule has 2 N–H and O–H groups in total. The number of imidazole rings is 2. The van der Waals surface area contributed by atoms with Crippen molar-refractivity contribution in [2.75, 3.05) is 20.1 Å². The highest BCUT2D eigenvalue weighted by Crippen LogP contribution is 2.36. The molecule has 218 valence electrons. The van der Waals surface area contributed by atoms with Crippen LogP contribution in [0.3, 0.4) is 0 Å². The van der Waals surface area contributed by atoms with E-state index in [1.807, 2.05) is 26.0 Å². The average Bonchev–Trinajstić information content (AvgIpc) is 3.51. The van der Waals surface area contributed by atoms with Crippen LogP contribution in [0.2, 0.25) is 0 Å². The van der Waals surface area contributed by atoms with Crippen LogP contribution in [0.15, 0.2) is 46.6 Å². The van der Waals surface area contributed by atoms with Gasteiger partial charge in [0.2, 0.25) is 0 Å². The van der Waals surface area contributed by atoms with Crippen molar-refractivity contribution >= 4 is 27.1 Å². The molecule has 2 aromatic heterocycles. The van der Waals surface area contributed by atoms with E-state index >= 15 is 0 Å². The van der Waals surface area contributed by atoms with E-state index in [0.29, 0.717) is 30.4 Å². The first-order valence-corrected chi connectivity index (χ1v) is 15.0. The van der Waals surface area contributed by atoms with Crippen LogP contribution in [0.5, 0.6) is 0 Å². The molecule has 4 heterocycles. The Kier molecular flexibility index (Phi) is 7.79. The quantitative estimate of drug-likeness (QED) is 0.384. The van der Waals surface area contributed by atoms with Gasteiger partial charge in [0.1, 0.15) is 5.52 Å². The number of nitrogens with zero attached hydrogens (tertiary/aromatic N) is 6. The lowest BCUT2D eigenvalue weighted by Gasteiger charge is -2.40. The number of aromatic nitrogens is 4. The molecule has 4 atom stereocenters. The Balaban J connectivity index is 1.18. The van der Waals surface area contributed by atoms with E-state index in [0.717, 1.165) is 21.9 Å². The highest BCUT2D eigenvalue weighted by Gasteiger charge is 2.42. The number of carbonyl (C=O) groups is 1. The van der Waals surface area contributed by atoms with Gasteiger partial charge in [-0.15, -0.1) is 4.73 Å². The SMILES string of the molecule is CC(C)n1c(=O)n(OC(=O)N[C@@H]2C[C@H]3CC[C@@H](C2)N3CC(O)CN(C)S(=O)(=O)c2cn(C)cn2)c2ccccc21. The number of sulfonamides is 1. The van der Waals surface area contributed by atoms with Crippen molar-refractivity contribution in [3.63, 3.8) is 0 Å². The molecule has 2 aliphatic heterocycles. The standard InChI is InChI=1S/C26H37N7O6S/c1-17(2)32-22-7-5-6-8-23(22)33(26(32)36)39-25(35)28-18-11-19-9-10-20(12-18)31(19)14-21(34)13-30(4)40(37,38)24-15-29(3)16-27-24/h5-8,15-21,34H,9-14H2,1-4H3,(H,28,35)/t18-,19-,20+,21?. The zero-order valence-electron chi connectivity index (χ0n) is 23.2. The molecule has 3 aromatic rings. The molecule has 0 radical (unpaired) electrons. The van der Waals surface area contributed by atoms with Crippen molar-refractivity contribution in [2.45, 2.75) is 74.8 Å². The Hall–Kier alpha value is -3.20. The number of hydrogen-bond donors (Lipinski definition) is 2. The van der Waals surface area contributed by atoms with Gasteiger partial charge in [-0.25, -0.2) is 23.0 Å². The van der Waals surface area contributed by atoms with E-state index in [-0.39, 0.29) is 35.7 Å². The smallest absolute Gasteiger partial charge is 0.390 e. The maximum atomic E-state index is 13.0. The van der Waals surface area contributed by atoms with E-state index in [1.54, 1.807) is 28.3 Å². The summed E-state index contributed by atoms with van der Waals surface area (Å²) in [5.41, 5.74) is 0.805. The van der Waals surface area contributed by atoms with Gasteiger partial charge in [-0.3, -0.25) is 9.47 Å². The third-order valence-corrected chi connectivity index (χ3v) is 9.59.